The van der Waals surface area contributed by atoms with E-state index in [-0.39, 0.29) is 64.5 Å². The molecule has 6 rings (SSSR count). The fourth-order valence-corrected chi connectivity index (χ4v) is 12.4. The molecule has 3 aliphatic heterocycles. The Morgan fingerprint density at radius 3 is 2.45 bits per heavy atom. The first-order valence-electron chi connectivity index (χ1n) is 21.8. The summed E-state index contributed by atoms with van der Waals surface area (Å²) in [5, 5.41) is 42.5. The Labute approximate surface area is 445 Å². The van der Waals surface area contributed by atoms with Crippen molar-refractivity contribution in [2.75, 3.05) is 55.9 Å². The van der Waals surface area contributed by atoms with Crippen LogP contribution in [0.3, 0.4) is 0 Å². The Hall–Kier alpha value is -5.30. The van der Waals surface area contributed by atoms with Gasteiger partial charge in [-0.15, -0.1) is 23.1 Å². The quantitative estimate of drug-likeness (QED) is 0.0130. The number of thioether (sulfide) groups is 2. The van der Waals surface area contributed by atoms with Gasteiger partial charge in [-0.05, 0) is 5.57 Å². The first-order chi connectivity index (χ1) is 36.0. The van der Waals surface area contributed by atoms with E-state index in [0.29, 0.717) is 5.57 Å². The molecule has 77 heavy (non-hydrogen) atoms. The van der Waals surface area contributed by atoms with Crippen LogP contribution in [0.5, 0.6) is 0 Å². The maximum absolute atomic E-state index is 13.3. The zero-order valence-electron chi connectivity index (χ0n) is 39.8. The summed E-state index contributed by atoms with van der Waals surface area (Å²) in [6.07, 6.45) is -6.02. The van der Waals surface area contributed by atoms with Crippen LogP contribution < -0.4 is 27.4 Å². The number of allylic oxidation sites excluding steroid dienone is 1. The van der Waals surface area contributed by atoms with Gasteiger partial charge in [0.05, 0.1) is 19.5 Å². The summed E-state index contributed by atoms with van der Waals surface area (Å²) < 4.78 is 62.4. The number of phosphoric acid groups is 3. The number of hydrogen-bond donors (Lipinski definition) is 12. The normalized spacial score (nSPS) is 22.8. The number of phosphoric ester groups is 3. The number of carboxylic acid groups (broad SMARTS) is 1. The Morgan fingerprint density at radius 2 is 1.79 bits per heavy atom. The van der Waals surface area contributed by atoms with Gasteiger partial charge in [0.1, 0.15) is 59.1 Å². The number of aliphatic hydroxyl groups is 2. The Balaban J connectivity index is 0.888. The van der Waals surface area contributed by atoms with Gasteiger partial charge in [-0.3, -0.25) is 47.0 Å². The number of hydrogen-bond acceptors (Lipinski definition) is 27. The summed E-state index contributed by atoms with van der Waals surface area (Å²) >= 11 is 2.91. The summed E-state index contributed by atoms with van der Waals surface area (Å²) in [6.45, 7) is 2.84. The minimum absolute atomic E-state index is 0.00286. The van der Waals surface area contributed by atoms with Crippen LogP contribution in [0, 0.1) is 5.41 Å². The van der Waals surface area contributed by atoms with Crippen molar-refractivity contribution in [3.63, 3.8) is 0 Å². The highest BCUT2D eigenvalue weighted by Gasteiger charge is 2.55. The number of aliphatic hydroxyl groups excluding tert-OH is 2. The fourth-order valence-electron chi connectivity index (χ4n) is 7.10. The minimum atomic E-state index is -5.64. The lowest BCUT2D eigenvalue weighted by atomic mass is 9.87. The molecule has 7 unspecified atom stereocenters. The lowest BCUT2D eigenvalue weighted by molar-refractivity contribution is -0.150. The second-order valence-electron chi connectivity index (χ2n) is 16.8. The number of ether oxygens (including phenoxy) is 1. The molecule has 34 nitrogen and oxygen atoms in total. The van der Waals surface area contributed by atoms with E-state index < -0.39 is 131 Å². The highest BCUT2D eigenvalue weighted by molar-refractivity contribution is 8.13. The van der Waals surface area contributed by atoms with Crippen LogP contribution in [0.15, 0.2) is 47.1 Å². The zero-order valence-corrected chi connectivity index (χ0v) is 45.0. The maximum atomic E-state index is 13.3. The maximum Gasteiger partial charge on any atom is 0.481 e. The molecule has 0 saturated carbocycles. The largest absolute Gasteiger partial charge is 0.481 e. The number of nitrogen functional groups attached to an aromatic ring is 2. The van der Waals surface area contributed by atoms with Crippen LogP contribution in [0.1, 0.15) is 32.2 Å². The van der Waals surface area contributed by atoms with Crippen molar-refractivity contribution in [2.45, 2.75) is 62.3 Å². The van der Waals surface area contributed by atoms with Crippen molar-refractivity contribution in [1.82, 2.24) is 45.4 Å². The Kier molecular flexibility index (Phi) is 20.0. The van der Waals surface area contributed by atoms with Crippen LogP contribution >= 0.6 is 58.3 Å². The van der Waals surface area contributed by atoms with Crippen molar-refractivity contribution < 1.29 is 105 Å². The predicted octanol–water partition coefficient (Wildman–Crippen LogP) is -1.95. The number of anilines is 2. The highest BCUT2D eigenvalue weighted by Crippen LogP contribution is 2.61. The van der Waals surface area contributed by atoms with Crippen molar-refractivity contribution in [3.05, 3.63) is 47.7 Å². The molecular formula is C37H49N12O22P3S3. The number of carbonyl (C=O) groups excluding carboxylic acids is 5. The number of aliphatic carboxylic acids is 1. The molecule has 4 amide bonds. The van der Waals surface area contributed by atoms with Crippen molar-refractivity contribution in [3.8, 4) is 0 Å². The van der Waals surface area contributed by atoms with E-state index in [2.05, 4.69) is 56.5 Å². The van der Waals surface area contributed by atoms with Crippen LogP contribution in [-0.4, -0.2) is 185 Å². The van der Waals surface area contributed by atoms with Gasteiger partial charge in [-0.25, -0.2) is 38.4 Å². The lowest BCUT2D eigenvalue weighted by Gasteiger charge is -2.49. The molecule has 6 heterocycles. The first-order valence-corrected chi connectivity index (χ1v) is 29.3. The van der Waals surface area contributed by atoms with Gasteiger partial charge in [0.25, 0.3) is 11.8 Å². The average Bonchev–Trinajstić information content (AvgIpc) is 4.08. The molecule has 0 bridgehead atoms. The van der Waals surface area contributed by atoms with Gasteiger partial charge in [0.15, 0.2) is 35.1 Å². The summed E-state index contributed by atoms with van der Waals surface area (Å²) in [6, 6.07) is -1.12. The van der Waals surface area contributed by atoms with E-state index in [1.54, 1.807) is 0 Å². The number of amides is 4. The van der Waals surface area contributed by atoms with Crippen molar-refractivity contribution in [2.24, 2.45) is 10.6 Å². The molecule has 0 aromatic carbocycles. The number of oxime groups is 1. The zero-order chi connectivity index (χ0) is 56.8. The van der Waals surface area contributed by atoms with Crippen LogP contribution in [-0.2, 0) is 69.9 Å². The molecule has 0 aliphatic carbocycles. The molecule has 422 valence electrons. The number of aromatic nitrogens is 5. The van der Waals surface area contributed by atoms with Crippen LogP contribution in [0.2, 0.25) is 0 Å². The Bertz CT molecular complexity index is 2990. The number of thiazole rings is 1. The van der Waals surface area contributed by atoms with E-state index in [9.17, 15) is 77.4 Å². The summed E-state index contributed by atoms with van der Waals surface area (Å²) in [5.74, 6) is -4.40. The smallest absolute Gasteiger partial charge is 0.477 e. The van der Waals surface area contributed by atoms with Crippen molar-refractivity contribution in [1.29, 1.82) is 0 Å². The number of carbonyl (C=O) groups is 6. The molecule has 40 heteroatoms. The van der Waals surface area contributed by atoms with Gasteiger partial charge >= 0.3 is 29.4 Å². The number of nitrogens with zero attached hydrogens (tertiary/aromatic N) is 7. The molecule has 0 radical (unpaired) electrons. The number of imidazole rings is 1. The standard InChI is InChI=1S/C37H49N12O22P3S3/c1-4-16-11-76-34-23(32(56)49(34)24(16)35(57)58)46-30(54)21(17-12-77-36(39)45-17)47-66-10-20(51)75-8-7-40-19(50)5-6-41-31(55)27(53)37(2,3)13-68-74(64,65)71-73(62,63)67-9-18-26(70-72(59,60)61)25(52)33(69-18)48-15-44-22-28(38)42-14-43-29(22)48/h4,12,14-15,18,23,25-27,33-34,52-53H,1,5-11,13H2,2-3H3,(H2,39,45)(H,40,50)(H,41,55)(H,46,54)(H,57,58)(H,62,63)(H,64,65)(H2,38,42,43)(H2,59,60,61)/b47-21+/t18?,23-,25?,26?,27?,33?,34-/m1/s1. The number of fused-ring (bicyclic) bond motifs is 2. The SMILES string of the molecule is C=CC1=C(C(=O)O)N2C(=O)[C@@H](NC(=O)/C(=N/OCC(=O)SCCNC(=O)CCNC(=O)C(O)C(C)(C)COP(=O)(O)OP(=O)(O)OCC3OC(n4cnc5c(N)ncnc54)C(O)C3OP(=O)(O)O)c3csc(N)n3)[C@H]2SC1. The third-order valence-corrected chi connectivity index (χ3v) is 16.7. The third-order valence-electron chi connectivity index (χ3n) is 10.8. The average molecular weight is 1200 g/mol. The lowest BCUT2D eigenvalue weighted by Crippen LogP contribution is -2.71. The highest BCUT2D eigenvalue weighted by atomic mass is 32.2. The summed E-state index contributed by atoms with van der Waals surface area (Å²) in [4.78, 5) is 137. The number of nitrogens with one attached hydrogen (secondary N) is 3. The van der Waals surface area contributed by atoms with Gasteiger partial charge in [0, 0.05) is 41.8 Å². The predicted molar refractivity (Wildman–Crippen MR) is 266 cm³/mol. The Morgan fingerprint density at radius 1 is 1.08 bits per heavy atom. The van der Waals surface area contributed by atoms with E-state index in [1.807, 2.05) is 0 Å². The topological polar surface area (TPSA) is 511 Å². The fraction of sp³-hybridized carbons (Fsp3) is 0.486. The number of rotatable bonds is 27. The van der Waals surface area contributed by atoms with E-state index in [0.717, 1.165) is 45.2 Å². The third kappa shape index (κ3) is 15.5. The monoisotopic (exact) mass is 1200 g/mol. The summed E-state index contributed by atoms with van der Waals surface area (Å²) in [5.41, 5.74) is 9.50. The number of nitrogens with two attached hydrogens (primary N) is 2. The van der Waals surface area contributed by atoms with Gasteiger partial charge in [-0.1, -0.05) is 43.4 Å². The minimum Gasteiger partial charge on any atom is -0.477 e. The molecule has 14 N–H and O–H groups in total. The second kappa shape index (κ2) is 25.2. The van der Waals surface area contributed by atoms with E-state index in [1.165, 1.54) is 37.1 Å². The molecule has 3 aromatic heterocycles. The van der Waals surface area contributed by atoms with Gasteiger partial charge in [-0.2, -0.15) is 4.31 Å². The summed E-state index contributed by atoms with van der Waals surface area (Å²) in [7, 11) is -16.6. The number of carboxylic acids is 1. The molecule has 0 spiro atoms. The molecule has 3 aliphatic rings. The van der Waals surface area contributed by atoms with Crippen LogP contribution in [0.25, 0.3) is 11.2 Å². The molecule has 9 atom stereocenters. The second-order valence-corrected chi connectivity index (χ2v) is 24.2. The van der Waals surface area contributed by atoms with E-state index in [4.69, 9.17) is 30.1 Å². The molecule has 2 saturated heterocycles. The van der Waals surface area contributed by atoms with Crippen LogP contribution in [0.4, 0.5) is 10.9 Å². The molecule has 2 fully saturated rings. The molecule has 3 aromatic rings. The van der Waals surface area contributed by atoms with E-state index >= 15 is 0 Å². The molecular weight excluding hydrogens is 1150 g/mol. The van der Waals surface area contributed by atoms with Gasteiger partial charge in [0.2, 0.25) is 16.9 Å². The van der Waals surface area contributed by atoms with Crippen molar-refractivity contribution >= 4 is 121 Å². The number of β-lactam (4-membered cyclic amide) rings is 1. The first kappa shape index (κ1) is 60.9. The van der Waals surface area contributed by atoms with Gasteiger partial charge < -0.3 is 71.9 Å².